The van der Waals surface area contributed by atoms with Gasteiger partial charge in [-0.2, -0.15) is 13.2 Å². The number of likely N-dealkylation sites (tertiary alicyclic amines) is 1. The van der Waals surface area contributed by atoms with E-state index >= 15 is 0 Å². The fourth-order valence-corrected chi connectivity index (χ4v) is 9.75. The van der Waals surface area contributed by atoms with Crippen LogP contribution in [0.25, 0.3) is 0 Å². The lowest BCUT2D eigenvalue weighted by Gasteiger charge is -2.53. The van der Waals surface area contributed by atoms with Crippen molar-refractivity contribution in [3.05, 3.63) is 0 Å². The zero-order valence-corrected chi connectivity index (χ0v) is 22.9. The Morgan fingerprint density at radius 2 is 1.86 bits per heavy atom. The van der Waals surface area contributed by atoms with E-state index in [9.17, 15) is 26.4 Å². The fourth-order valence-electron chi connectivity index (χ4n) is 7.60. The highest BCUT2D eigenvalue weighted by Crippen LogP contribution is 2.41. The van der Waals surface area contributed by atoms with Crippen LogP contribution in [0.2, 0.25) is 0 Å². The predicted octanol–water partition coefficient (Wildman–Crippen LogP) is 2.30. The van der Waals surface area contributed by atoms with E-state index < -0.39 is 33.9 Å². The van der Waals surface area contributed by atoms with Crippen molar-refractivity contribution in [1.29, 1.82) is 0 Å². The molecular weight excluding hydrogens is 531 g/mol. The number of nitrogens with one attached hydrogen (secondary N) is 2. The van der Waals surface area contributed by atoms with Gasteiger partial charge in [-0.25, -0.2) is 18.9 Å². The Bertz CT molecular complexity index is 948. The van der Waals surface area contributed by atoms with Crippen LogP contribution in [-0.4, -0.2) is 103 Å². The molecule has 37 heavy (non-hydrogen) atoms. The number of carbonyl (C=O) groups is 1. The molecule has 1 aliphatic carbocycles. The molecule has 0 radical (unpaired) electrons. The molecule has 0 aromatic carbocycles. The molecule has 0 aromatic rings. The number of fused-ring (bicyclic) bond motifs is 3. The first-order chi connectivity index (χ1) is 17.4. The molecule has 8 nitrogen and oxygen atoms in total. The second-order valence-corrected chi connectivity index (χ2v) is 14.5. The number of amides is 1. The summed E-state index contributed by atoms with van der Waals surface area (Å²) in [5.41, 5.74) is 3.30. The Morgan fingerprint density at radius 3 is 2.51 bits per heavy atom. The quantitative estimate of drug-likeness (QED) is 0.388. The lowest BCUT2D eigenvalue weighted by Crippen LogP contribution is -2.70. The van der Waals surface area contributed by atoms with Gasteiger partial charge in [-0.1, -0.05) is 0 Å². The van der Waals surface area contributed by atoms with E-state index in [1.54, 1.807) is 0 Å². The van der Waals surface area contributed by atoms with E-state index in [4.69, 9.17) is 11.6 Å². The molecule has 0 aromatic heterocycles. The van der Waals surface area contributed by atoms with E-state index in [-0.39, 0.29) is 41.6 Å². The number of hydrazine groups is 1. The number of carbonyl (C=O) groups excluding carboxylic acids is 1. The van der Waals surface area contributed by atoms with Crippen molar-refractivity contribution in [3.63, 3.8) is 0 Å². The van der Waals surface area contributed by atoms with Crippen molar-refractivity contribution < 1.29 is 26.4 Å². The molecule has 4 aliphatic heterocycles. The first kappa shape index (κ1) is 27.9. The lowest BCUT2D eigenvalue weighted by atomic mass is 9.78. The van der Waals surface area contributed by atoms with E-state index in [1.807, 2.05) is 0 Å². The Hall–Kier alpha value is -0.660. The normalized spacial score (nSPS) is 39.6. The summed E-state index contributed by atoms with van der Waals surface area (Å²) in [7, 11) is -1.95. The summed E-state index contributed by atoms with van der Waals surface area (Å²) in [6.45, 7) is 1.81. The standard InChI is InChI=1S/C24H39ClF3N5O3S/c1-31(22(34)11-15-8-10-37(35,36)14-15)23(24(26,27)28)16-4-6-17(7-5-16)32-9-2-3-18-19(32)13-29-21-12-20(25)30-33(18)21/h15-21,23,29-30H,2-14H2,1H3/t15-,16?,17?,18?,19?,20?,21?,23-/m0/s1. The lowest BCUT2D eigenvalue weighted by molar-refractivity contribution is -0.202. The van der Waals surface area contributed by atoms with Gasteiger partial charge in [-0.15, -0.1) is 11.6 Å². The first-order valence-corrected chi connectivity index (χ1v) is 15.9. The van der Waals surface area contributed by atoms with E-state index in [0.717, 1.165) is 37.3 Å². The molecule has 212 valence electrons. The van der Waals surface area contributed by atoms with Crippen LogP contribution in [0.15, 0.2) is 0 Å². The number of rotatable bonds is 5. The van der Waals surface area contributed by atoms with Crippen LogP contribution < -0.4 is 10.7 Å². The minimum Gasteiger partial charge on any atom is -0.333 e. The highest BCUT2D eigenvalue weighted by Gasteiger charge is 2.51. The third-order valence-corrected chi connectivity index (χ3v) is 11.5. The van der Waals surface area contributed by atoms with Gasteiger partial charge in [0.2, 0.25) is 5.91 Å². The number of halogens is 4. The largest absolute Gasteiger partial charge is 0.409 e. The van der Waals surface area contributed by atoms with Crippen LogP contribution in [-0.2, 0) is 14.6 Å². The molecule has 0 bridgehead atoms. The molecule has 5 rings (SSSR count). The van der Waals surface area contributed by atoms with Gasteiger partial charge >= 0.3 is 6.18 Å². The minimum atomic E-state index is -4.53. The van der Waals surface area contributed by atoms with Gasteiger partial charge < -0.3 is 4.90 Å². The zero-order valence-electron chi connectivity index (χ0n) is 21.3. The van der Waals surface area contributed by atoms with Crippen molar-refractivity contribution in [2.24, 2.45) is 11.8 Å². The highest BCUT2D eigenvalue weighted by atomic mass is 35.5. The molecule has 6 atom stereocenters. The van der Waals surface area contributed by atoms with Crippen LogP contribution in [0.3, 0.4) is 0 Å². The summed E-state index contributed by atoms with van der Waals surface area (Å²) in [6.07, 6.45) is 1.07. The Kier molecular flexibility index (Phi) is 8.08. The Morgan fingerprint density at radius 1 is 1.14 bits per heavy atom. The smallest absolute Gasteiger partial charge is 0.333 e. The van der Waals surface area contributed by atoms with Crippen LogP contribution in [0.1, 0.15) is 57.8 Å². The average Bonchev–Trinajstić information content (AvgIpc) is 3.38. The summed E-state index contributed by atoms with van der Waals surface area (Å²) in [4.78, 5) is 16.2. The van der Waals surface area contributed by atoms with Crippen molar-refractivity contribution in [3.8, 4) is 0 Å². The summed E-state index contributed by atoms with van der Waals surface area (Å²) >= 11 is 6.34. The van der Waals surface area contributed by atoms with Crippen LogP contribution >= 0.6 is 11.6 Å². The molecule has 5 aliphatic rings. The molecule has 4 unspecified atom stereocenters. The summed E-state index contributed by atoms with van der Waals surface area (Å²) < 4.78 is 66.2. The van der Waals surface area contributed by atoms with Crippen LogP contribution in [0.5, 0.6) is 0 Å². The van der Waals surface area contributed by atoms with Gasteiger partial charge in [0, 0.05) is 44.6 Å². The van der Waals surface area contributed by atoms with E-state index in [1.165, 1.54) is 7.05 Å². The predicted molar refractivity (Wildman–Crippen MR) is 134 cm³/mol. The minimum absolute atomic E-state index is 0.0101. The molecule has 13 heteroatoms. The second-order valence-electron chi connectivity index (χ2n) is 11.7. The molecule has 2 N–H and O–H groups in total. The van der Waals surface area contributed by atoms with Crippen molar-refractivity contribution >= 4 is 27.3 Å². The zero-order chi connectivity index (χ0) is 26.5. The average molecular weight is 570 g/mol. The topological polar surface area (TPSA) is 85.0 Å². The summed E-state index contributed by atoms with van der Waals surface area (Å²) in [6, 6.07) is -0.964. The molecule has 0 spiro atoms. The van der Waals surface area contributed by atoms with Gasteiger partial charge in [0.15, 0.2) is 9.84 Å². The molecule has 1 saturated carbocycles. The molecule has 4 heterocycles. The fraction of sp³-hybridized carbons (Fsp3) is 0.958. The molecular formula is C24H39ClF3N5O3S. The van der Waals surface area contributed by atoms with Gasteiger partial charge in [0.05, 0.1) is 23.2 Å². The van der Waals surface area contributed by atoms with Gasteiger partial charge in [0.1, 0.15) is 6.04 Å². The van der Waals surface area contributed by atoms with E-state index in [0.29, 0.717) is 44.2 Å². The number of hydrogen-bond acceptors (Lipinski definition) is 7. The second kappa shape index (κ2) is 10.7. The third-order valence-electron chi connectivity index (χ3n) is 9.35. The third kappa shape index (κ3) is 5.94. The van der Waals surface area contributed by atoms with Gasteiger partial charge in [-0.3, -0.25) is 15.0 Å². The SMILES string of the molecule is CN(C(=O)C[C@@H]1CCS(=O)(=O)C1)[C@@H](C1CCC(N2CCCC3C2CNC2CC(Cl)NN23)CC1)C(F)(F)F. The maximum atomic E-state index is 14.2. The highest BCUT2D eigenvalue weighted by molar-refractivity contribution is 7.91. The van der Waals surface area contributed by atoms with Crippen molar-refractivity contribution in [2.45, 2.75) is 99.8 Å². The number of hydrogen-bond donors (Lipinski definition) is 2. The van der Waals surface area contributed by atoms with Gasteiger partial charge in [-0.05, 0) is 63.3 Å². The molecule has 5 fully saturated rings. The number of alkyl halides is 4. The van der Waals surface area contributed by atoms with Crippen LogP contribution in [0, 0.1) is 11.8 Å². The van der Waals surface area contributed by atoms with Crippen molar-refractivity contribution in [2.75, 3.05) is 31.6 Å². The maximum absolute atomic E-state index is 14.2. The van der Waals surface area contributed by atoms with Crippen LogP contribution in [0.4, 0.5) is 13.2 Å². The van der Waals surface area contributed by atoms with E-state index in [2.05, 4.69) is 20.7 Å². The molecule has 1 amide bonds. The number of piperidine rings is 1. The number of sulfone groups is 1. The maximum Gasteiger partial charge on any atom is 0.409 e. The molecule has 4 saturated heterocycles. The Balaban J connectivity index is 1.20. The Labute approximate surface area is 222 Å². The summed E-state index contributed by atoms with van der Waals surface area (Å²) in [5.74, 6) is -1.75. The monoisotopic (exact) mass is 569 g/mol. The first-order valence-electron chi connectivity index (χ1n) is 13.6. The van der Waals surface area contributed by atoms with Crippen molar-refractivity contribution in [1.82, 2.24) is 25.6 Å². The summed E-state index contributed by atoms with van der Waals surface area (Å²) in [5, 5.41) is 5.86. The number of nitrogens with zero attached hydrogens (tertiary/aromatic N) is 3. The van der Waals surface area contributed by atoms with Gasteiger partial charge in [0.25, 0.3) is 0 Å².